The fourth-order valence-electron chi connectivity index (χ4n) is 4.67. The molecule has 0 spiro atoms. The fourth-order valence-corrected chi connectivity index (χ4v) is 5.63. The van der Waals surface area contributed by atoms with Crippen molar-refractivity contribution < 1.29 is 36.2 Å². The summed E-state index contributed by atoms with van der Waals surface area (Å²) in [5, 5.41) is 7.12. The molecule has 0 unspecified atom stereocenters. The predicted molar refractivity (Wildman–Crippen MR) is 155 cm³/mol. The number of anilines is 1. The van der Waals surface area contributed by atoms with E-state index < -0.39 is 23.9 Å². The van der Waals surface area contributed by atoms with E-state index in [4.69, 9.17) is 9.90 Å². The number of hydrogen-bond donors (Lipinski definition) is 2. The number of halogens is 6. The van der Waals surface area contributed by atoms with Gasteiger partial charge in [0.25, 0.3) is 0 Å². The molecule has 1 fully saturated rings. The van der Waals surface area contributed by atoms with Gasteiger partial charge in [-0.3, -0.25) is 9.88 Å². The van der Waals surface area contributed by atoms with Gasteiger partial charge in [-0.15, -0.1) is 11.3 Å². The maximum atomic E-state index is 13.0. The normalized spacial score (nSPS) is 14.4. The molecule has 44 heavy (non-hydrogen) atoms. The lowest BCUT2D eigenvalue weighted by Gasteiger charge is -2.36. The van der Waals surface area contributed by atoms with E-state index >= 15 is 0 Å². The van der Waals surface area contributed by atoms with Gasteiger partial charge in [-0.1, -0.05) is 24.3 Å². The van der Waals surface area contributed by atoms with Crippen molar-refractivity contribution in [1.29, 1.82) is 0 Å². The molecule has 5 aromatic rings. The average molecular weight is 634 g/mol. The van der Waals surface area contributed by atoms with Crippen molar-refractivity contribution in [3.05, 3.63) is 90.3 Å². The fraction of sp³-hybridized carbons (Fsp3) is 0.233. The molecule has 230 valence electrons. The van der Waals surface area contributed by atoms with E-state index in [0.717, 1.165) is 60.2 Å². The first-order valence-electron chi connectivity index (χ1n) is 13.3. The maximum absolute atomic E-state index is 13.0. The molecule has 0 radical (unpaired) electrons. The minimum Gasteiger partial charge on any atom is -0.475 e. The van der Waals surface area contributed by atoms with Crippen LogP contribution in [0.2, 0.25) is 0 Å². The summed E-state index contributed by atoms with van der Waals surface area (Å²) in [4.78, 5) is 27.4. The number of imidazole rings is 1. The van der Waals surface area contributed by atoms with E-state index in [2.05, 4.69) is 61.1 Å². The number of benzene rings is 2. The van der Waals surface area contributed by atoms with Gasteiger partial charge in [0.05, 0.1) is 21.5 Å². The molecule has 14 heteroatoms. The molecule has 1 aliphatic heterocycles. The number of pyridine rings is 1. The SMILES string of the molecule is FC(F)(F)c1ccc2nc(-c3ccc(-c4ccc(CN5CCN(c6ccncc6)CC5)cc4)s3)[nH]c2c1.O=C(O)C(F)(F)F. The molecule has 4 heterocycles. The van der Waals surface area contributed by atoms with Gasteiger partial charge in [-0.25, -0.2) is 9.78 Å². The molecule has 0 aliphatic carbocycles. The van der Waals surface area contributed by atoms with Crippen molar-refractivity contribution in [2.45, 2.75) is 18.9 Å². The van der Waals surface area contributed by atoms with Crippen molar-refractivity contribution in [3.8, 4) is 21.1 Å². The van der Waals surface area contributed by atoms with E-state index in [1.165, 1.54) is 17.3 Å². The zero-order valence-electron chi connectivity index (χ0n) is 22.9. The lowest BCUT2D eigenvalue weighted by Crippen LogP contribution is -2.45. The van der Waals surface area contributed by atoms with Crippen molar-refractivity contribution in [3.63, 3.8) is 0 Å². The van der Waals surface area contributed by atoms with Crippen molar-refractivity contribution in [2.24, 2.45) is 0 Å². The number of carbonyl (C=O) groups is 1. The maximum Gasteiger partial charge on any atom is 0.490 e. The Hall–Kier alpha value is -4.43. The van der Waals surface area contributed by atoms with Crippen molar-refractivity contribution in [1.82, 2.24) is 19.9 Å². The second kappa shape index (κ2) is 12.7. The van der Waals surface area contributed by atoms with Crippen LogP contribution in [0.5, 0.6) is 0 Å². The van der Waals surface area contributed by atoms with Crippen LogP contribution in [-0.4, -0.2) is 63.3 Å². The van der Waals surface area contributed by atoms with Crippen LogP contribution in [-0.2, 0) is 17.5 Å². The smallest absolute Gasteiger partial charge is 0.475 e. The Morgan fingerprint density at radius 2 is 1.50 bits per heavy atom. The highest BCUT2D eigenvalue weighted by Crippen LogP contribution is 2.36. The Labute approximate surface area is 251 Å². The van der Waals surface area contributed by atoms with E-state index in [9.17, 15) is 26.3 Å². The molecule has 7 nitrogen and oxygen atoms in total. The first kappa shape index (κ1) is 31.0. The lowest BCUT2D eigenvalue weighted by molar-refractivity contribution is -0.192. The van der Waals surface area contributed by atoms with Crippen LogP contribution in [0.4, 0.5) is 32.0 Å². The largest absolute Gasteiger partial charge is 0.490 e. The molecule has 0 atom stereocenters. The highest BCUT2D eigenvalue weighted by molar-refractivity contribution is 7.18. The average Bonchev–Trinajstić information content (AvgIpc) is 3.65. The third-order valence-electron chi connectivity index (χ3n) is 6.94. The second-order valence-corrected chi connectivity index (χ2v) is 11.0. The summed E-state index contributed by atoms with van der Waals surface area (Å²) < 4.78 is 70.8. The third-order valence-corrected chi connectivity index (χ3v) is 8.08. The topological polar surface area (TPSA) is 85.4 Å². The minimum absolute atomic E-state index is 0.380. The molecular weight excluding hydrogens is 608 g/mol. The first-order valence-corrected chi connectivity index (χ1v) is 14.1. The summed E-state index contributed by atoms with van der Waals surface area (Å²) in [5.74, 6) is -2.18. The number of aromatic amines is 1. The molecule has 0 bridgehead atoms. The molecule has 2 aromatic carbocycles. The number of rotatable bonds is 5. The number of alkyl halides is 6. The number of fused-ring (bicyclic) bond motifs is 1. The summed E-state index contributed by atoms with van der Waals surface area (Å²) in [7, 11) is 0. The van der Waals surface area contributed by atoms with Gasteiger partial charge in [-0.05, 0) is 53.6 Å². The number of carboxylic acids is 1. The highest BCUT2D eigenvalue weighted by Gasteiger charge is 2.38. The minimum atomic E-state index is -5.08. The number of nitrogens with one attached hydrogen (secondary N) is 1. The number of aromatic nitrogens is 3. The Bertz CT molecular complexity index is 1710. The van der Waals surface area contributed by atoms with Gasteiger partial charge in [0.15, 0.2) is 0 Å². The van der Waals surface area contributed by atoms with Crippen LogP contribution < -0.4 is 4.90 Å². The standard InChI is InChI=1S/C28H24F3N5S.C2HF3O2/c29-28(30,31)21-5-6-23-24(17-21)34-27(33-23)26-8-7-25(37-26)20-3-1-19(2-4-20)18-35-13-15-36(16-14-35)22-9-11-32-12-10-22;3-2(4,5)1(6)7/h1-12,17H,13-16,18H2,(H,33,34);(H,6,7). The zero-order valence-corrected chi connectivity index (χ0v) is 23.7. The summed E-state index contributed by atoms with van der Waals surface area (Å²) in [6.45, 7) is 4.94. The quantitative estimate of drug-likeness (QED) is 0.197. The Kier molecular flexibility index (Phi) is 8.92. The van der Waals surface area contributed by atoms with Gasteiger partial charge in [0.2, 0.25) is 0 Å². The Morgan fingerprint density at radius 3 is 2.11 bits per heavy atom. The molecular formula is C30H25F6N5O2S. The Balaban J connectivity index is 0.000000493. The molecule has 0 saturated carbocycles. The van der Waals surface area contributed by atoms with E-state index in [-0.39, 0.29) is 0 Å². The lowest BCUT2D eigenvalue weighted by atomic mass is 10.1. The first-order chi connectivity index (χ1) is 20.9. The monoisotopic (exact) mass is 633 g/mol. The van der Waals surface area contributed by atoms with Crippen LogP contribution in [0.3, 0.4) is 0 Å². The molecule has 1 saturated heterocycles. The van der Waals surface area contributed by atoms with Gasteiger partial charge < -0.3 is 15.0 Å². The molecule has 3 aromatic heterocycles. The van der Waals surface area contributed by atoms with Gasteiger partial charge in [-0.2, -0.15) is 26.3 Å². The number of piperazine rings is 1. The van der Waals surface area contributed by atoms with Gasteiger partial charge in [0.1, 0.15) is 5.82 Å². The summed E-state index contributed by atoms with van der Waals surface area (Å²) >= 11 is 1.57. The van der Waals surface area contributed by atoms with Crippen molar-refractivity contribution in [2.75, 3.05) is 31.1 Å². The summed E-state index contributed by atoms with van der Waals surface area (Å²) in [6, 6.07) is 20.3. The Morgan fingerprint density at radius 1 is 0.864 bits per heavy atom. The van der Waals surface area contributed by atoms with Crippen LogP contribution >= 0.6 is 11.3 Å². The molecule has 1 aliphatic rings. The van der Waals surface area contributed by atoms with Crippen LogP contribution in [0, 0.1) is 0 Å². The number of nitrogens with zero attached hydrogens (tertiary/aromatic N) is 4. The second-order valence-electron chi connectivity index (χ2n) is 9.95. The van der Waals surface area contributed by atoms with Gasteiger partial charge >= 0.3 is 18.3 Å². The third kappa shape index (κ3) is 7.55. The zero-order chi connectivity index (χ0) is 31.5. The van der Waals surface area contributed by atoms with Gasteiger partial charge in [0, 0.05) is 55.7 Å². The number of hydrogen-bond acceptors (Lipinski definition) is 6. The summed E-state index contributed by atoms with van der Waals surface area (Å²) in [6.07, 6.45) is -5.79. The number of aliphatic carboxylic acids is 1. The van der Waals surface area contributed by atoms with Crippen LogP contribution in [0.15, 0.2) is 79.1 Å². The molecule has 6 rings (SSSR count). The number of thiophene rings is 1. The van der Waals surface area contributed by atoms with Crippen molar-refractivity contribution >= 4 is 34.0 Å². The van der Waals surface area contributed by atoms with E-state index in [1.807, 2.05) is 24.5 Å². The highest BCUT2D eigenvalue weighted by atomic mass is 32.1. The number of H-pyrrole nitrogens is 1. The number of carboxylic acid groups (broad SMARTS) is 1. The van der Waals surface area contributed by atoms with Crippen LogP contribution in [0.25, 0.3) is 32.2 Å². The summed E-state index contributed by atoms with van der Waals surface area (Å²) in [5.41, 5.74) is 3.82. The van der Waals surface area contributed by atoms with E-state index in [0.29, 0.717) is 16.9 Å². The van der Waals surface area contributed by atoms with Crippen LogP contribution in [0.1, 0.15) is 11.1 Å². The molecule has 0 amide bonds. The van der Waals surface area contributed by atoms with E-state index in [1.54, 1.807) is 11.3 Å². The molecule has 2 N–H and O–H groups in total. The predicted octanol–water partition coefficient (Wildman–Crippen LogP) is 7.33.